The molecule has 0 atom stereocenters. The van der Waals surface area contributed by atoms with E-state index >= 15 is 0 Å². The van der Waals surface area contributed by atoms with Gasteiger partial charge in [0.2, 0.25) is 0 Å². The lowest BCUT2D eigenvalue weighted by atomic mass is 10.1. The fourth-order valence-corrected chi connectivity index (χ4v) is 1.97. The second-order valence-corrected chi connectivity index (χ2v) is 4.88. The van der Waals surface area contributed by atoms with Gasteiger partial charge >= 0.3 is 0 Å². The summed E-state index contributed by atoms with van der Waals surface area (Å²) in [5.41, 5.74) is 0.627. The van der Waals surface area contributed by atoms with Crippen molar-refractivity contribution in [1.82, 2.24) is 4.98 Å². The third-order valence-corrected chi connectivity index (χ3v) is 3.80. The van der Waals surface area contributed by atoms with Crippen molar-refractivity contribution in [2.24, 2.45) is 0 Å². The van der Waals surface area contributed by atoms with Gasteiger partial charge in [-0.3, -0.25) is 0 Å². The Morgan fingerprint density at radius 3 is 2.53 bits per heavy atom. The van der Waals surface area contributed by atoms with Crippen LogP contribution in [0.2, 0.25) is 0 Å². The molecule has 1 N–H and O–H groups in total. The number of nitrogens with one attached hydrogen (secondary N) is 1. The number of para-hydroxylation sites is 1. The van der Waals surface area contributed by atoms with Gasteiger partial charge in [-0.25, -0.2) is 4.98 Å². The molecule has 0 aliphatic heterocycles. The summed E-state index contributed by atoms with van der Waals surface area (Å²) in [7, 11) is 0. The molecule has 2 nitrogen and oxygen atoms in total. The van der Waals surface area contributed by atoms with E-state index in [1.807, 2.05) is 43.3 Å². The zero-order chi connectivity index (χ0) is 12.3. The Balaban J connectivity index is 2.31. The lowest BCUT2D eigenvalue weighted by Gasteiger charge is -2.26. The second kappa shape index (κ2) is 5.11. The number of alkyl halides is 2. The van der Waals surface area contributed by atoms with E-state index in [9.17, 15) is 0 Å². The van der Waals surface area contributed by atoms with Gasteiger partial charge in [0, 0.05) is 17.1 Å². The van der Waals surface area contributed by atoms with E-state index in [-0.39, 0.29) is 5.54 Å². The summed E-state index contributed by atoms with van der Waals surface area (Å²) < 4.78 is 0. The smallest absolute Gasteiger partial charge is 0.127 e. The number of nitrogens with zero attached hydrogens (tertiary/aromatic N) is 1. The van der Waals surface area contributed by atoms with Crippen molar-refractivity contribution in [2.45, 2.75) is 12.5 Å². The lowest BCUT2D eigenvalue weighted by Crippen LogP contribution is -2.39. The predicted octanol–water partition coefficient (Wildman–Crippen LogP) is 3.88. The first kappa shape index (κ1) is 12.5. The van der Waals surface area contributed by atoms with Crippen molar-refractivity contribution < 1.29 is 0 Å². The van der Waals surface area contributed by atoms with Crippen LogP contribution in [-0.4, -0.2) is 22.3 Å². The molecule has 0 saturated heterocycles. The number of fused-ring (bicyclic) bond motifs is 1. The molecule has 0 aliphatic carbocycles. The van der Waals surface area contributed by atoms with Gasteiger partial charge in [0.05, 0.1) is 11.1 Å². The summed E-state index contributed by atoms with van der Waals surface area (Å²) >= 11 is 11.8. The molecule has 0 unspecified atom stereocenters. The molecule has 17 heavy (non-hydrogen) atoms. The van der Waals surface area contributed by atoms with Crippen molar-refractivity contribution in [3.8, 4) is 0 Å². The maximum atomic E-state index is 5.90. The van der Waals surface area contributed by atoms with Crippen LogP contribution in [0.15, 0.2) is 36.4 Å². The van der Waals surface area contributed by atoms with Gasteiger partial charge in [-0.05, 0) is 25.1 Å². The minimum atomic E-state index is -0.335. The number of aromatic nitrogens is 1. The highest BCUT2D eigenvalue weighted by Gasteiger charge is 2.22. The van der Waals surface area contributed by atoms with Crippen LogP contribution in [0.4, 0.5) is 5.82 Å². The summed E-state index contributed by atoms with van der Waals surface area (Å²) in [6.45, 7) is 1.98. The van der Waals surface area contributed by atoms with Crippen molar-refractivity contribution >= 4 is 39.9 Å². The molecule has 2 rings (SSSR count). The molecular weight excluding hydrogens is 255 g/mol. The van der Waals surface area contributed by atoms with Crippen molar-refractivity contribution in [3.63, 3.8) is 0 Å². The quantitative estimate of drug-likeness (QED) is 0.852. The summed E-state index contributed by atoms with van der Waals surface area (Å²) in [6, 6.07) is 12.0. The molecule has 0 saturated carbocycles. The van der Waals surface area contributed by atoms with Crippen LogP contribution in [-0.2, 0) is 0 Å². The number of hydrogen-bond acceptors (Lipinski definition) is 2. The van der Waals surface area contributed by atoms with Crippen LogP contribution >= 0.6 is 23.2 Å². The van der Waals surface area contributed by atoms with Gasteiger partial charge in [0.1, 0.15) is 5.82 Å². The molecule has 1 heterocycles. The topological polar surface area (TPSA) is 24.9 Å². The van der Waals surface area contributed by atoms with Crippen LogP contribution < -0.4 is 5.32 Å². The highest BCUT2D eigenvalue weighted by Crippen LogP contribution is 2.19. The Kier molecular flexibility index (Phi) is 3.75. The first-order chi connectivity index (χ1) is 8.17. The highest BCUT2D eigenvalue weighted by molar-refractivity contribution is 6.22. The molecule has 1 aromatic carbocycles. The van der Waals surface area contributed by atoms with E-state index in [4.69, 9.17) is 23.2 Å². The Morgan fingerprint density at radius 2 is 1.82 bits per heavy atom. The fourth-order valence-electron chi connectivity index (χ4n) is 1.55. The zero-order valence-corrected chi connectivity index (χ0v) is 11.1. The molecule has 0 bridgehead atoms. The SMILES string of the molecule is CC(CCl)(CCl)Nc1ccc2ccccc2n1. The zero-order valence-electron chi connectivity index (χ0n) is 9.58. The van der Waals surface area contributed by atoms with Gasteiger partial charge in [-0.2, -0.15) is 0 Å². The van der Waals surface area contributed by atoms with Crippen LogP contribution in [0.3, 0.4) is 0 Å². The molecule has 4 heteroatoms. The second-order valence-electron chi connectivity index (χ2n) is 4.34. The van der Waals surface area contributed by atoms with E-state index in [0.29, 0.717) is 11.8 Å². The van der Waals surface area contributed by atoms with Gasteiger partial charge in [-0.1, -0.05) is 18.2 Å². The normalized spacial score (nSPS) is 11.7. The Bertz CT molecular complexity index is 510. The van der Waals surface area contributed by atoms with E-state index < -0.39 is 0 Å². The van der Waals surface area contributed by atoms with Crippen molar-refractivity contribution in [2.75, 3.05) is 17.1 Å². The number of benzene rings is 1. The van der Waals surface area contributed by atoms with Gasteiger partial charge in [0.25, 0.3) is 0 Å². The Labute approximate surface area is 111 Å². The Hall–Kier alpha value is -0.990. The molecule has 1 aromatic heterocycles. The van der Waals surface area contributed by atoms with Crippen molar-refractivity contribution in [3.05, 3.63) is 36.4 Å². The van der Waals surface area contributed by atoms with E-state index in [2.05, 4.69) is 10.3 Å². The summed E-state index contributed by atoms with van der Waals surface area (Å²) in [6.07, 6.45) is 0. The monoisotopic (exact) mass is 268 g/mol. The van der Waals surface area contributed by atoms with E-state index in [1.165, 1.54) is 0 Å². The third kappa shape index (κ3) is 2.82. The first-order valence-corrected chi connectivity index (χ1v) is 6.50. The molecule has 0 fully saturated rings. The lowest BCUT2D eigenvalue weighted by molar-refractivity contribution is 0.646. The van der Waals surface area contributed by atoms with Crippen LogP contribution in [0.25, 0.3) is 10.9 Å². The first-order valence-electron chi connectivity index (χ1n) is 5.43. The molecule has 0 aliphatic rings. The van der Waals surface area contributed by atoms with Gasteiger partial charge in [0.15, 0.2) is 0 Å². The third-order valence-electron chi connectivity index (χ3n) is 2.62. The number of halogens is 2. The van der Waals surface area contributed by atoms with Crippen LogP contribution in [0, 0.1) is 0 Å². The predicted molar refractivity (Wildman–Crippen MR) is 75.2 cm³/mol. The van der Waals surface area contributed by atoms with Crippen molar-refractivity contribution in [1.29, 1.82) is 0 Å². The van der Waals surface area contributed by atoms with Crippen LogP contribution in [0.5, 0.6) is 0 Å². The molecular formula is C13H14Cl2N2. The highest BCUT2D eigenvalue weighted by atomic mass is 35.5. The number of hydrogen-bond donors (Lipinski definition) is 1. The number of anilines is 1. The standard InChI is InChI=1S/C13H14Cl2N2/c1-13(8-14,9-15)17-12-7-6-10-4-2-3-5-11(10)16-12/h2-7H,8-9H2,1H3,(H,16,17). The summed E-state index contributed by atoms with van der Waals surface area (Å²) in [5, 5.41) is 4.39. The molecule has 0 spiro atoms. The molecule has 0 radical (unpaired) electrons. The van der Waals surface area contributed by atoms with Gasteiger partial charge < -0.3 is 5.32 Å². The van der Waals surface area contributed by atoms with Crippen LogP contribution in [0.1, 0.15) is 6.92 Å². The minimum Gasteiger partial charge on any atom is -0.362 e. The number of rotatable bonds is 4. The summed E-state index contributed by atoms with van der Waals surface area (Å²) in [5.74, 6) is 1.67. The largest absolute Gasteiger partial charge is 0.362 e. The average Bonchev–Trinajstić information content (AvgIpc) is 2.38. The Morgan fingerprint density at radius 1 is 1.12 bits per heavy atom. The van der Waals surface area contributed by atoms with E-state index in [0.717, 1.165) is 16.7 Å². The molecule has 2 aromatic rings. The summed E-state index contributed by atoms with van der Waals surface area (Å²) in [4.78, 5) is 4.53. The maximum absolute atomic E-state index is 5.90. The fraction of sp³-hybridized carbons (Fsp3) is 0.308. The molecule has 90 valence electrons. The maximum Gasteiger partial charge on any atom is 0.127 e. The minimum absolute atomic E-state index is 0.335. The number of pyridine rings is 1. The van der Waals surface area contributed by atoms with Gasteiger partial charge in [-0.15, -0.1) is 23.2 Å². The molecule has 0 amide bonds. The van der Waals surface area contributed by atoms with E-state index in [1.54, 1.807) is 0 Å². The average molecular weight is 269 g/mol.